The average molecular weight is 297 g/mol. The van der Waals surface area contributed by atoms with E-state index < -0.39 is 22.0 Å². The van der Waals surface area contributed by atoms with E-state index in [1.807, 2.05) is 0 Å². The van der Waals surface area contributed by atoms with Gasteiger partial charge in [0.05, 0.1) is 16.5 Å². The zero-order chi connectivity index (χ0) is 14.8. The minimum atomic E-state index is -3.88. The summed E-state index contributed by atoms with van der Waals surface area (Å²) in [5.74, 6) is -1.02. The lowest BCUT2D eigenvalue weighted by Gasteiger charge is -2.11. The molecule has 3 N–H and O–H groups in total. The Bertz CT molecular complexity index is 713. The van der Waals surface area contributed by atoms with Gasteiger partial charge in [0, 0.05) is 0 Å². The van der Waals surface area contributed by atoms with Gasteiger partial charge >= 0.3 is 5.97 Å². The molecule has 0 bridgehead atoms. The van der Waals surface area contributed by atoms with E-state index >= 15 is 0 Å². The standard InChI is InChI=1S/C10H11N5O4S/c1-6(9-11-14-15-12-9)13-20(18,19)8-4-2-3-7(5-8)10(16)17/h2-6,13H,1H3,(H,16,17)(H,11,12,14,15). The number of carboxylic acid groups (broad SMARTS) is 1. The van der Waals surface area contributed by atoms with Crippen LogP contribution in [0.1, 0.15) is 29.1 Å². The molecule has 0 aliphatic rings. The third kappa shape index (κ3) is 2.97. The Hall–Kier alpha value is -2.33. The van der Waals surface area contributed by atoms with E-state index in [0.717, 1.165) is 6.07 Å². The first-order valence-electron chi connectivity index (χ1n) is 5.49. The summed E-state index contributed by atoms with van der Waals surface area (Å²) in [6, 6.07) is 4.35. The number of hydrogen-bond donors (Lipinski definition) is 3. The highest BCUT2D eigenvalue weighted by atomic mass is 32.2. The highest BCUT2D eigenvalue weighted by molar-refractivity contribution is 7.89. The van der Waals surface area contributed by atoms with Crippen LogP contribution in [-0.4, -0.2) is 40.1 Å². The first kappa shape index (κ1) is 14.1. The van der Waals surface area contributed by atoms with Crippen LogP contribution in [0.3, 0.4) is 0 Å². The van der Waals surface area contributed by atoms with Gasteiger partial charge in [0.1, 0.15) is 0 Å². The van der Waals surface area contributed by atoms with Gasteiger partial charge in [-0.3, -0.25) is 0 Å². The molecule has 1 heterocycles. The second-order valence-electron chi connectivity index (χ2n) is 3.95. The molecule has 0 aliphatic heterocycles. The Balaban J connectivity index is 2.26. The van der Waals surface area contributed by atoms with Crippen LogP contribution < -0.4 is 4.72 Å². The number of carboxylic acids is 1. The van der Waals surface area contributed by atoms with Gasteiger partial charge in [-0.25, -0.2) is 17.9 Å². The van der Waals surface area contributed by atoms with Gasteiger partial charge in [-0.2, -0.15) is 5.21 Å². The largest absolute Gasteiger partial charge is 0.478 e. The van der Waals surface area contributed by atoms with E-state index in [4.69, 9.17) is 5.11 Å². The summed E-state index contributed by atoms with van der Waals surface area (Å²) in [6.45, 7) is 1.55. The second kappa shape index (κ2) is 5.35. The third-order valence-electron chi connectivity index (χ3n) is 2.47. The Labute approximate surface area is 114 Å². The number of aromatic amines is 1. The second-order valence-corrected chi connectivity index (χ2v) is 5.66. The molecule has 20 heavy (non-hydrogen) atoms. The van der Waals surface area contributed by atoms with E-state index in [-0.39, 0.29) is 16.3 Å². The van der Waals surface area contributed by atoms with Crippen molar-refractivity contribution in [3.63, 3.8) is 0 Å². The van der Waals surface area contributed by atoms with Crippen LogP contribution in [-0.2, 0) is 10.0 Å². The molecule has 1 atom stereocenters. The molecule has 0 saturated carbocycles. The van der Waals surface area contributed by atoms with Crippen molar-refractivity contribution >= 4 is 16.0 Å². The van der Waals surface area contributed by atoms with Crippen molar-refractivity contribution in [1.82, 2.24) is 25.3 Å². The number of hydrogen-bond acceptors (Lipinski definition) is 6. The first-order valence-corrected chi connectivity index (χ1v) is 6.97. The zero-order valence-electron chi connectivity index (χ0n) is 10.3. The Morgan fingerprint density at radius 2 is 2.20 bits per heavy atom. The van der Waals surface area contributed by atoms with Gasteiger partial charge in [-0.05, 0) is 25.1 Å². The van der Waals surface area contributed by atoms with E-state index in [2.05, 4.69) is 25.3 Å². The summed E-state index contributed by atoms with van der Waals surface area (Å²) in [5, 5.41) is 21.8. The molecule has 0 amide bonds. The molecule has 1 aromatic carbocycles. The highest BCUT2D eigenvalue weighted by Crippen LogP contribution is 2.15. The highest BCUT2D eigenvalue weighted by Gasteiger charge is 2.21. The lowest BCUT2D eigenvalue weighted by atomic mass is 10.2. The molecule has 9 nitrogen and oxygen atoms in total. The maximum atomic E-state index is 12.1. The Kier molecular flexibility index (Phi) is 3.77. The fraction of sp³-hybridized carbons (Fsp3) is 0.200. The summed E-state index contributed by atoms with van der Waals surface area (Å²) in [4.78, 5) is 10.7. The number of rotatable bonds is 5. The SMILES string of the molecule is CC(NS(=O)(=O)c1cccc(C(=O)O)c1)c1nn[nH]n1. The first-order chi connectivity index (χ1) is 9.40. The van der Waals surface area contributed by atoms with Crippen molar-refractivity contribution in [3.05, 3.63) is 35.7 Å². The molecule has 2 rings (SSSR count). The van der Waals surface area contributed by atoms with Crippen LogP contribution in [0.5, 0.6) is 0 Å². The van der Waals surface area contributed by atoms with Crippen molar-refractivity contribution in [2.75, 3.05) is 0 Å². The zero-order valence-corrected chi connectivity index (χ0v) is 11.1. The number of sulfonamides is 1. The summed E-state index contributed by atoms with van der Waals surface area (Å²) in [7, 11) is -3.88. The van der Waals surface area contributed by atoms with Gasteiger partial charge in [-0.15, -0.1) is 10.2 Å². The predicted octanol–water partition coefficient (Wildman–Crippen LogP) is -0.0626. The predicted molar refractivity (Wildman–Crippen MR) is 66.3 cm³/mol. The van der Waals surface area contributed by atoms with E-state index in [0.29, 0.717) is 0 Å². The fourth-order valence-corrected chi connectivity index (χ4v) is 2.75. The third-order valence-corrected chi connectivity index (χ3v) is 4.01. The van der Waals surface area contributed by atoms with Crippen LogP contribution >= 0.6 is 0 Å². The van der Waals surface area contributed by atoms with E-state index in [1.165, 1.54) is 18.2 Å². The number of carbonyl (C=O) groups is 1. The van der Waals surface area contributed by atoms with Gasteiger partial charge in [0.2, 0.25) is 10.0 Å². The molecule has 0 fully saturated rings. The molecule has 0 radical (unpaired) electrons. The van der Waals surface area contributed by atoms with Gasteiger partial charge in [-0.1, -0.05) is 11.3 Å². The number of aromatic carboxylic acids is 1. The van der Waals surface area contributed by atoms with Gasteiger partial charge in [0.15, 0.2) is 5.82 Å². The van der Waals surface area contributed by atoms with Gasteiger partial charge < -0.3 is 5.11 Å². The topological polar surface area (TPSA) is 138 Å². The molecule has 10 heteroatoms. The summed E-state index contributed by atoms with van der Waals surface area (Å²) in [6.07, 6.45) is 0. The molecular formula is C10H11N5O4S. The maximum Gasteiger partial charge on any atom is 0.335 e. The molecule has 0 aliphatic carbocycles. The smallest absolute Gasteiger partial charge is 0.335 e. The van der Waals surface area contributed by atoms with Crippen molar-refractivity contribution < 1.29 is 18.3 Å². The summed E-state index contributed by atoms with van der Waals surface area (Å²) >= 11 is 0. The van der Waals surface area contributed by atoms with E-state index in [1.54, 1.807) is 6.92 Å². The monoisotopic (exact) mass is 297 g/mol. The summed E-state index contributed by atoms with van der Waals surface area (Å²) in [5.41, 5.74) is -0.111. The lowest BCUT2D eigenvalue weighted by molar-refractivity contribution is 0.0696. The van der Waals surface area contributed by atoms with E-state index in [9.17, 15) is 13.2 Å². The van der Waals surface area contributed by atoms with Crippen LogP contribution in [0.25, 0.3) is 0 Å². The van der Waals surface area contributed by atoms with Crippen LogP contribution in [0.15, 0.2) is 29.2 Å². The Morgan fingerprint density at radius 3 is 2.80 bits per heavy atom. The average Bonchev–Trinajstić information content (AvgIpc) is 2.92. The Morgan fingerprint density at radius 1 is 1.45 bits per heavy atom. The quantitative estimate of drug-likeness (QED) is 0.702. The fourth-order valence-electron chi connectivity index (χ4n) is 1.50. The van der Waals surface area contributed by atoms with Crippen LogP contribution in [0.4, 0.5) is 0 Å². The van der Waals surface area contributed by atoms with Crippen LogP contribution in [0.2, 0.25) is 0 Å². The molecule has 0 saturated heterocycles. The lowest BCUT2D eigenvalue weighted by Crippen LogP contribution is -2.27. The molecule has 106 valence electrons. The number of tetrazole rings is 1. The van der Waals surface area contributed by atoms with Crippen LogP contribution in [0, 0.1) is 0 Å². The van der Waals surface area contributed by atoms with Crippen molar-refractivity contribution in [3.8, 4) is 0 Å². The number of nitrogens with zero attached hydrogens (tertiary/aromatic N) is 3. The molecule has 1 unspecified atom stereocenters. The summed E-state index contributed by atoms with van der Waals surface area (Å²) < 4.78 is 26.6. The molecule has 0 spiro atoms. The van der Waals surface area contributed by atoms with Crippen molar-refractivity contribution in [2.45, 2.75) is 17.9 Å². The molecule has 1 aromatic heterocycles. The minimum Gasteiger partial charge on any atom is -0.478 e. The minimum absolute atomic E-state index is 0.111. The normalized spacial score (nSPS) is 13.1. The number of nitrogens with one attached hydrogen (secondary N) is 2. The van der Waals surface area contributed by atoms with Gasteiger partial charge in [0.25, 0.3) is 0 Å². The number of benzene rings is 1. The molecule has 2 aromatic rings. The molecular weight excluding hydrogens is 286 g/mol. The number of aromatic nitrogens is 4. The maximum absolute atomic E-state index is 12.1. The number of H-pyrrole nitrogens is 1. The van der Waals surface area contributed by atoms with Crippen molar-refractivity contribution in [2.24, 2.45) is 0 Å². The van der Waals surface area contributed by atoms with Crippen molar-refractivity contribution in [1.29, 1.82) is 0 Å².